The molecule has 29 heavy (non-hydrogen) atoms. The first-order chi connectivity index (χ1) is 14.0. The lowest BCUT2D eigenvalue weighted by molar-refractivity contribution is -0.134. The fourth-order valence-electron chi connectivity index (χ4n) is 4.30. The smallest absolute Gasteiger partial charge is 0.276 e. The summed E-state index contributed by atoms with van der Waals surface area (Å²) < 4.78 is 1.61. The van der Waals surface area contributed by atoms with Crippen LogP contribution >= 0.6 is 0 Å². The standard InChI is InChI=1S/C22H27N5O2/c1-15-20(23-24-26(15)3)22(29)25(2)17-11-13-27(14-12-17)21(28)19-10-6-8-16-7-4-5-9-18(16)19/h4-9,17,19H,10-14H2,1-3H3. The van der Waals surface area contributed by atoms with Gasteiger partial charge >= 0.3 is 0 Å². The van der Waals surface area contributed by atoms with Gasteiger partial charge in [0.25, 0.3) is 5.91 Å². The van der Waals surface area contributed by atoms with Crippen LogP contribution in [-0.4, -0.2) is 62.8 Å². The van der Waals surface area contributed by atoms with Crippen LogP contribution in [0, 0.1) is 6.92 Å². The van der Waals surface area contributed by atoms with Gasteiger partial charge in [-0.25, -0.2) is 0 Å². The molecule has 7 nitrogen and oxygen atoms in total. The summed E-state index contributed by atoms with van der Waals surface area (Å²) in [5, 5.41) is 7.94. The zero-order chi connectivity index (χ0) is 20.5. The molecule has 0 bridgehead atoms. The number of amides is 2. The number of rotatable bonds is 3. The molecule has 2 aromatic rings. The maximum Gasteiger partial charge on any atom is 0.276 e. The summed E-state index contributed by atoms with van der Waals surface area (Å²) in [5.41, 5.74) is 3.42. The second-order valence-corrected chi connectivity index (χ2v) is 7.94. The predicted octanol–water partition coefficient (Wildman–Crippen LogP) is 2.39. The largest absolute Gasteiger partial charge is 0.342 e. The van der Waals surface area contributed by atoms with Crippen molar-refractivity contribution in [2.24, 2.45) is 7.05 Å². The zero-order valence-corrected chi connectivity index (χ0v) is 17.2. The molecule has 1 atom stereocenters. The second-order valence-electron chi connectivity index (χ2n) is 7.94. The molecule has 1 unspecified atom stereocenters. The first-order valence-corrected chi connectivity index (χ1v) is 10.1. The number of hydrogen-bond donors (Lipinski definition) is 0. The molecule has 7 heteroatoms. The first-order valence-electron chi connectivity index (χ1n) is 10.1. The molecule has 2 heterocycles. The van der Waals surface area contributed by atoms with E-state index in [1.54, 1.807) is 16.6 Å². The van der Waals surface area contributed by atoms with Crippen LogP contribution in [0.3, 0.4) is 0 Å². The summed E-state index contributed by atoms with van der Waals surface area (Å²) in [4.78, 5) is 29.7. The lowest BCUT2D eigenvalue weighted by Crippen LogP contribution is -2.48. The highest BCUT2D eigenvalue weighted by Gasteiger charge is 2.33. The lowest BCUT2D eigenvalue weighted by atomic mass is 9.85. The van der Waals surface area contributed by atoms with Gasteiger partial charge in [-0.3, -0.25) is 14.3 Å². The molecular formula is C22H27N5O2. The average Bonchev–Trinajstić information content (AvgIpc) is 3.10. The van der Waals surface area contributed by atoms with Crippen LogP contribution < -0.4 is 0 Å². The zero-order valence-electron chi connectivity index (χ0n) is 17.2. The molecule has 4 rings (SSSR count). The van der Waals surface area contributed by atoms with E-state index in [9.17, 15) is 9.59 Å². The topological polar surface area (TPSA) is 71.3 Å². The Balaban J connectivity index is 1.39. The number of aryl methyl sites for hydroxylation is 1. The number of carbonyl (C=O) groups excluding carboxylic acids is 2. The summed E-state index contributed by atoms with van der Waals surface area (Å²) in [6.45, 7) is 3.19. The van der Waals surface area contributed by atoms with E-state index < -0.39 is 0 Å². The van der Waals surface area contributed by atoms with E-state index in [0.717, 1.165) is 36.1 Å². The van der Waals surface area contributed by atoms with E-state index in [4.69, 9.17) is 0 Å². The van der Waals surface area contributed by atoms with E-state index in [1.807, 2.05) is 31.0 Å². The van der Waals surface area contributed by atoms with Crippen molar-refractivity contribution < 1.29 is 9.59 Å². The van der Waals surface area contributed by atoms with Crippen LogP contribution in [0.2, 0.25) is 0 Å². The van der Waals surface area contributed by atoms with Gasteiger partial charge in [-0.05, 0) is 37.3 Å². The Morgan fingerprint density at radius 3 is 2.59 bits per heavy atom. The number of allylic oxidation sites excluding steroid dienone is 1. The normalized spacial score (nSPS) is 19.1. The molecule has 1 aliphatic heterocycles. The quantitative estimate of drug-likeness (QED) is 0.803. The van der Waals surface area contributed by atoms with Crippen LogP contribution in [0.15, 0.2) is 30.3 Å². The minimum absolute atomic E-state index is 0.102. The second kappa shape index (κ2) is 7.81. The molecule has 0 N–H and O–H groups in total. The van der Waals surface area contributed by atoms with Crippen LogP contribution in [0.4, 0.5) is 0 Å². The summed E-state index contributed by atoms with van der Waals surface area (Å²) in [7, 11) is 3.60. The number of likely N-dealkylation sites (tertiary alicyclic amines) is 1. The Hall–Kier alpha value is -2.96. The number of carbonyl (C=O) groups is 2. The monoisotopic (exact) mass is 393 g/mol. The van der Waals surface area contributed by atoms with Crippen molar-refractivity contribution in [2.45, 2.75) is 38.1 Å². The maximum atomic E-state index is 13.2. The van der Waals surface area contributed by atoms with Crippen molar-refractivity contribution in [1.29, 1.82) is 0 Å². The summed E-state index contributed by atoms with van der Waals surface area (Å²) in [6.07, 6.45) is 6.49. The Labute approximate surface area is 171 Å². The van der Waals surface area contributed by atoms with E-state index in [-0.39, 0.29) is 23.8 Å². The third-order valence-corrected chi connectivity index (χ3v) is 6.29. The van der Waals surface area contributed by atoms with E-state index in [1.165, 1.54) is 0 Å². The van der Waals surface area contributed by atoms with Gasteiger partial charge in [0.1, 0.15) is 0 Å². The fraction of sp³-hybridized carbons (Fsp3) is 0.455. The van der Waals surface area contributed by atoms with Gasteiger partial charge in [-0.2, -0.15) is 0 Å². The van der Waals surface area contributed by atoms with Crippen molar-refractivity contribution in [3.05, 3.63) is 52.9 Å². The van der Waals surface area contributed by atoms with Crippen LogP contribution in [0.5, 0.6) is 0 Å². The van der Waals surface area contributed by atoms with Gasteiger partial charge in [-0.15, -0.1) is 5.10 Å². The summed E-state index contributed by atoms with van der Waals surface area (Å²) in [5.74, 6) is -0.0138. The third kappa shape index (κ3) is 3.57. The molecule has 1 saturated heterocycles. The Morgan fingerprint density at radius 2 is 1.90 bits per heavy atom. The van der Waals surface area contributed by atoms with Gasteiger partial charge in [0, 0.05) is 33.2 Å². The van der Waals surface area contributed by atoms with Gasteiger partial charge in [0.2, 0.25) is 5.91 Å². The van der Waals surface area contributed by atoms with Crippen molar-refractivity contribution in [3.63, 3.8) is 0 Å². The molecule has 152 valence electrons. The van der Waals surface area contributed by atoms with E-state index in [2.05, 4.69) is 34.6 Å². The molecule has 2 amide bonds. The molecule has 0 spiro atoms. The number of hydrogen-bond acceptors (Lipinski definition) is 4. The molecule has 2 aliphatic rings. The molecule has 0 saturated carbocycles. The first kappa shape index (κ1) is 19.4. The molecule has 0 radical (unpaired) electrons. The number of benzene rings is 1. The van der Waals surface area contributed by atoms with Crippen molar-refractivity contribution in [3.8, 4) is 0 Å². The van der Waals surface area contributed by atoms with Gasteiger partial charge < -0.3 is 9.80 Å². The predicted molar refractivity (Wildman–Crippen MR) is 110 cm³/mol. The highest BCUT2D eigenvalue weighted by atomic mass is 16.2. The minimum atomic E-state index is -0.105. The van der Waals surface area contributed by atoms with Gasteiger partial charge in [-0.1, -0.05) is 41.6 Å². The Kier molecular flexibility index (Phi) is 5.22. The van der Waals surface area contributed by atoms with E-state index >= 15 is 0 Å². The Bertz CT molecular complexity index is 956. The van der Waals surface area contributed by atoms with Gasteiger partial charge in [0.05, 0.1) is 11.6 Å². The van der Waals surface area contributed by atoms with Crippen LogP contribution in [-0.2, 0) is 11.8 Å². The average molecular weight is 393 g/mol. The van der Waals surface area contributed by atoms with E-state index in [0.29, 0.717) is 18.8 Å². The van der Waals surface area contributed by atoms with Crippen LogP contribution in [0.25, 0.3) is 6.08 Å². The number of piperidine rings is 1. The maximum absolute atomic E-state index is 13.2. The SMILES string of the molecule is Cc1c(C(=O)N(C)C2CCN(C(=O)C3CC=Cc4ccccc43)CC2)nnn1C. The number of aromatic nitrogens is 3. The number of fused-ring (bicyclic) bond motifs is 1. The summed E-state index contributed by atoms with van der Waals surface area (Å²) in [6, 6.07) is 8.23. The highest BCUT2D eigenvalue weighted by molar-refractivity contribution is 5.93. The fourth-order valence-corrected chi connectivity index (χ4v) is 4.30. The van der Waals surface area contributed by atoms with Crippen molar-refractivity contribution in [2.75, 3.05) is 20.1 Å². The molecular weight excluding hydrogens is 366 g/mol. The van der Waals surface area contributed by atoms with Crippen molar-refractivity contribution in [1.82, 2.24) is 24.8 Å². The lowest BCUT2D eigenvalue weighted by Gasteiger charge is -2.38. The minimum Gasteiger partial charge on any atom is -0.342 e. The van der Waals surface area contributed by atoms with Crippen LogP contribution in [0.1, 0.15) is 52.5 Å². The van der Waals surface area contributed by atoms with Gasteiger partial charge in [0.15, 0.2) is 5.69 Å². The summed E-state index contributed by atoms with van der Waals surface area (Å²) >= 11 is 0. The molecule has 1 aromatic heterocycles. The Morgan fingerprint density at radius 1 is 1.17 bits per heavy atom. The van der Waals surface area contributed by atoms with Crippen molar-refractivity contribution >= 4 is 17.9 Å². The highest BCUT2D eigenvalue weighted by Crippen LogP contribution is 2.32. The molecule has 1 aliphatic carbocycles. The molecule has 1 aromatic carbocycles. The number of nitrogens with zero attached hydrogens (tertiary/aromatic N) is 5. The third-order valence-electron chi connectivity index (χ3n) is 6.29. The molecule has 1 fully saturated rings.